The molecule has 0 aliphatic rings. The molecule has 5 rings (SSSR count). The second kappa shape index (κ2) is 6.34. The van der Waals surface area contributed by atoms with Gasteiger partial charge in [0.15, 0.2) is 5.65 Å². The van der Waals surface area contributed by atoms with E-state index in [1.54, 1.807) is 36.0 Å². The van der Waals surface area contributed by atoms with E-state index in [1.165, 1.54) is 4.68 Å². The molecule has 5 heterocycles. The van der Waals surface area contributed by atoms with E-state index in [1.807, 2.05) is 24.6 Å². The van der Waals surface area contributed by atoms with Crippen molar-refractivity contribution in [3.05, 3.63) is 63.3 Å². The van der Waals surface area contributed by atoms with Gasteiger partial charge in [-0.2, -0.15) is 10.2 Å². The number of H-pyrrole nitrogens is 1. The summed E-state index contributed by atoms with van der Waals surface area (Å²) in [5.74, 6) is 0.667. The summed E-state index contributed by atoms with van der Waals surface area (Å²) in [5.41, 5.74) is 2.99. The maximum absolute atomic E-state index is 13.0. The minimum atomic E-state index is -0.156. The molecular weight excluding hydrogens is 376 g/mol. The molecule has 5 aromatic rings. The first-order chi connectivity index (χ1) is 13.6. The molecule has 0 saturated carbocycles. The lowest BCUT2D eigenvalue weighted by Crippen LogP contribution is -2.25. The van der Waals surface area contributed by atoms with Gasteiger partial charge >= 0.3 is 0 Å². The van der Waals surface area contributed by atoms with Crippen LogP contribution in [-0.2, 0) is 20.0 Å². The van der Waals surface area contributed by atoms with E-state index in [-0.39, 0.29) is 5.56 Å². The Hall–Kier alpha value is -3.40. The number of nitrogens with zero attached hydrogens (tertiary/aromatic N) is 7. The van der Waals surface area contributed by atoms with Gasteiger partial charge in [0.2, 0.25) is 0 Å². The summed E-state index contributed by atoms with van der Waals surface area (Å²) in [5, 5.41) is 13.1. The Morgan fingerprint density at radius 2 is 2.11 bits per heavy atom. The number of hydrogen-bond donors (Lipinski definition) is 1. The van der Waals surface area contributed by atoms with Crippen molar-refractivity contribution in [3.8, 4) is 0 Å². The van der Waals surface area contributed by atoms with Crippen molar-refractivity contribution in [1.82, 2.24) is 39.5 Å². The fourth-order valence-corrected chi connectivity index (χ4v) is 4.44. The summed E-state index contributed by atoms with van der Waals surface area (Å²) in [7, 11) is 1.87. The van der Waals surface area contributed by atoms with Crippen LogP contribution < -0.4 is 5.56 Å². The van der Waals surface area contributed by atoms with Crippen LogP contribution in [0.4, 0.5) is 0 Å². The smallest absolute Gasteiger partial charge is 0.291 e. The highest BCUT2D eigenvalue weighted by atomic mass is 32.1. The molecule has 0 aliphatic carbocycles. The van der Waals surface area contributed by atoms with Crippen LogP contribution in [0.1, 0.15) is 22.2 Å². The molecule has 10 heteroatoms. The fourth-order valence-electron chi connectivity index (χ4n) is 3.31. The van der Waals surface area contributed by atoms with Crippen molar-refractivity contribution in [3.63, 3.8) is 0 Å². The molecule has 1 N–H and O–H groups in total. The van der Waals surface area contributed by atoms with Crippen molar-refractivity contribution in [1.29, 1.82) is 0 Å². The first-order valence-corrected chi connectivity index (χ1v) is 9.52. The number of fused-ring (bicyclic) bond motifs is 3. The van der Waals surface area contributed by atoms with E-state index in [2.05, 4.69) is 25.3 Å². The van der Waals surface area contributed by atoms with Crippen LogP contribution in [-0.4, -0.2) is 39.5 Å². The van der Waals surface area contributed by atoms with E-state index in [9.17, 15) is 4.79 Å². The monoisotopic (exact) mass is 392 g/mol. The van der Waals surface area contributed by atoms with E-state index in [0.29, 0.717) is 24.3 Å². The Balaban J connectivity index is 1.59. The molecule has 0 atom stereocenters. The molecule has 0 fully saturated rings. The standard InChI is InChI=1S/C18H16N8OS/c1-10-19-5-3-12(22-10)9-26-18(27)15-13(8-21-26)16-17(25(15)2)23-14(28-16)7-11-4-6-20-24-11/h3-6,8H,7,9H2,1-2H3,(H,20,24). The first-order valence-electron chi connectivity index (χ1n) is 8.71. The van der Waals surface area contributed by atoms with E-state index < -0.39 is 0 Å². The number of rotatable bonds is 4. The van der Waals surface area contributed by atoms with Gasteiger partial charge in [0.1, 0.15) is 16.3 Å². The Morgan fingerprint density at radius 3 is 2.89 bits per heavy atom. The maximum atomic E-state index is 13.0. The van der Waals surface area contributed by atoms with Gasteiger partial charge in [-0.1, -0.05) is 0 Å². The second-order valence-corrected chi connectivity index (χ2v) is 7.63. The zero-order valence-electron chi connectivity index (χ0n) is 15.2. The number of nitrogens with one attached hydrogen (secondary N) is 1. The van der Waals surface area contributed by atoms with Crippen molar-refractivity contribution in [2.24, 2.45) is 7.05 Å². The number of aromatic amines is 1. The van der Waals surface area contributed by atoms with Crippen LogP contribution in [0.25, 0.3) is 21.3 Å². The summed E-state index contributed by atoms with van der Waals surface area (Å²) in [6.07, 6.45) is 5.83. The Morgan fingerprint density at radius 1 is 1.21 bits per heavy atom. The Bertz CT molecular complexity index is 1360. The van der Waals surface area contributed by atoms with Gasteiger partial charge in [-0.05, 0) is 19.1 Å². The molecule has 0 aromatic carbocycles. The van der Waals surface area contributed by atoms with Gasteiger partial charge < -0.3 is 4.57 Å². The third-order valence-corrected chi connectivity index (χ3v) is 5.69. The summed E-state index contributed by atoms with van der Waals surface area (Å²) < 4.78 is 4.25. The molecule has 0 bridgehead atoms. The first kappa shape index (κ1) is 16.8. The molecule has 0 aliphatic heterocycles. The SMILES string of the molecule is Cc1nccc(Cn2ncc3c4sc(Cc5ccn[nH]5)nc4n(C)c3c2=O)n1. The van der Waals surface area contributed by atoms with Crippen LogP contribution in [0, 0.1) is 6.92 Å². The fraction of sp³-hybridized carbons (Fsp3) is 0.222. The van der Waals surface area contributed by atoms with Crippen LogP contribution in [0.5, 0.6) is 0 Å². The molecule has 0 radical (unpaired) electrons. The Kier molecular flexibility index (Phi) is 3.79. The molecule has 28 heavy (non-hydrogen) atoms. The Labute approximate surface area is 162 Å². The zero-order valence-corrected chi connectivity index (χ0v) is 16.1. The number of aryl methyl sites for hydroxylation is 2. The lowest BCUT2D eigenvalue weighted by atomic mass is 10.3. The van der Waals surface area contributed by atoms with Crippen molar-refractivity contribution in [2.75, 3.05) is 0 Å². The average molecular weight is 392 g/mol. The van der Waals surface area contributed by atoms with Crippen molar-refractivity contribution in [2.45, 2.75) is 19.9 Å². The number of thiazole rings is 1. The molecule has 0 spiro atoms. The minimum absolute atomic E-state index is 0.156. The third kappa shape index (κ3) is 2.69. The van der Waals surface area contributed by atoms with Crippen LogP contribution in [0.3, 0.4) is 0 Å². The molecule has 9 nitrogen and oxygen atoms in total. The largest absolute Gasteiger partial charge is 0.323 e. The zero-order chi connectivity index (χ0) is 19.3. The average Bonchev–Trinajstić information content (AvgIpc) is 3.37. The van der Waals surface area contributed by atoms with Gasteiger partial charge in [0.05, 0.1) is 23.1 Å². The van der Waals surface area contributed by atoms with Crippen molar-refractivity contribution >= 4 is 32.6 Å². The third-order valence-electron chi connectivity index (χ3n) is 4.62. The predicted octanol–water partition coefficient (Wildman–Crippen LogP) is 1.81. The molecular formula is C18H16N8OS. The molecule has 0 unspecified atom stereocenters. The van der Waals surface area contributed by atoms with Crippen LogP contribution in [0.15, 0.2) is 35.5 Å². The van der Waals surface area contributed by atoms with E-state index >= 15 is 0 Å². The summed E-state index contributed by atoms with van der Waals surface area (Å²) in [6, 6.07) is 3.72. The number of aromatic nitrogens is 8. The van der Waals surface area contributed by atoms with Gasteiger partial charge in [0.25, 0.3) is 5.56 Å². The summed E-state index contributed by atoms with van der Waals surface area (Å²) in [6.45, 7) is 2.12. The van der Waals surface area contributed by atoms with Gasteiger partial charge in [-0.25, -0.2) is 19.6 Å². The quantitative estimate of drug-likeness (QED) is 0.500. The molecule has 0 saturated heterocycles. The molecule has 0 amide bonds. The molecule has 5 aromatic heterocycles. The van der Waals surface area contributed by atoms with Gasteiger partial charge in [-0.3, -0.25) is 9.89 Å². The molecule has 140 valence electrons. The summed E-state index contributed by atoms with van der Waals surface area (Å²) >= 11 is 1.58. The lowest BCUT2D eigenvalue weighted by molar-refractivity contribution is 0.629. The van der Waals surface area contributed by atoms with E-state index in [4.69, 9.17) is 4.98 Å². The van der Waals surface area contributed by atoms with E-state index in [0.717, 1.165) is 32.1 Å². The minimum Gasteiger partial charge on any atom is -0.323 e. The summed E-state index contributed by atoms with van der Waals surface area (Å²) in [4.78, 5) is 26.2. The predicted molar refractivity (Wildman–Crippen MR) is 105 cm³/mol. The highest BCUT2D eigenvalue weighted by Gasteiger charge is 2.18. The van der Waals surface area contributed by atoms with Crippen LogP contribution >= 0.6 is 11.3 Å². The normalized spacial score (nSPS) is 11.6. The second-order valence-electron chi connectivity index (χ2n) is 6.54. The number of hydrogen-bond acceptors (Lipinski definition) is 7. The van der Waals surface area contributed by atoms with Gasteiger partial charge in [-0.15, -0.1) is 11.3 Å². The lowest BCUT2D eigenvalue weighted by Gasteiger charge is -2.05. The highest BCUT2D eigenvalue weighted by molar-refractivity contribution is 7.19. The highest BCUT2D eigenvalue weighted by Crippen LogP contribution is 2.31. The van der Waals surface area contributed by atoms with Gasteiger partial charge in [0, 0.05) is 36.9 Å². The van der Waals surface area contributed by atoms with Crippen LogP contribution in [0.2, 0.25) is 0 Å². The van der Waals surface area contributed by atoms with Crippen molar-refractivity contribution < 1.29 is 0 Å². The topological polar surface area (TPSA) is 107 Å². The maximum Gasteiger partial charge on any atom is 0.291 e.